The molecule has 1 aliphatic carbocycles. The van der Waals surface area contributed by atoms with E-state index in [9.17, 15) is 4.79 Å². The van der Waals surface area contributed by atoms with Crippen molar-refractivity contribution in [2.75, 3.05) is 48.9 Å². The molecule has 12 nitrogen and oxygen atoms in total. The average molecular weight is 600 g/mol. The number of hydrogen-bond donors (Lipinski definition) is 1. The van der Waals surface area contributed by atoms with E-state index in [1.807, 2.05) is 17.9 Å². The third kappa shape index (κ3) is 5.48. The molecule has 2 fully saturated rings. The van der Waals surface area contributed by atoms with Crippen LogP contribution in [-0.4, -0.2) is 75.6 Å². The molecule has 0 radical (unpaired) electrons. The first-order valence-corrected chi connectivity index (χ1v) is 14.4. The lowest BCUT2D eigenvalue weighted by Gasteiger charge is -2.32. The summed E-state index contributed by atoms with van der Waals surface area (Å²) in [5, 5.41) is 16.7. The summed E-state index contributed by atoms with van der Waals surface area (Å²) >= 11 is 0. The minimum atomic E-state index is -2.60. The molecule has 4 aromatic heterocycles. The number of benzene rings is 1. The van der Waals surface area contributed by atoms with Gasteiger partial charge in [0.25, 0.3) is 0 Å². The highest BCUT2D eigenvalue weighted by molar-refractivity contribution is 6.01. The molecule has 226 valence electrons. The number of carbonyl (C=O) groups excluding carboxylic acids is 1. The van der Waals surface area contributed by atoms with Gasteiger partial charge in [0.15, 0.2) is 23.1 Å². The topological polar surface area (TPSA) is 123 Å². The van der Waals surface area contributed by atoms with Gasteiger partial charge in [-0.1, -0.05) is 19.1 Å². The van der Waals surface area contributed by atoms with E-state index in [0.717, 1.165) is 12.1 Å². The molecule has 0 spiro atoms. The predicted molar refractivity (Wildman–Crippen MR) is 168 cm³/mol. The van der Waals surface area contributed by atoms with Gasteiger partial charge in [0, 0.05) is 57.9 Å². The van der Waals surface area contributed by atoms with Crippen molar-refractivity contribution in [3.05, 3.63) is 60.4 Å². The minimum absolute atomic E-state index is 0.0127. The van der Waals surface area contributed by atoms with Gasteiger partial charge in [0.05, 0.1) is 31.7 Å². The Labute approximate surface area is 263 Å². The van der Waals surface area contributed by atoms with E-state index < -0.39 is 19.9 Å². The van der Waals surface area contributed by atoms with E-state index in [2.05, 4.69) is 20.5 Å². The number of anilines is 3. The zero-order valence-corrected chi connectivity index (χ0v) is 24.3. The maximum atomic E-state index is 12.8. The summed E-state index contributed by atoms with van der Waals surface area (Å²) in [6, 6.07) is 12.3. The summed E-state index contributed by atoms with van der Waals surface area (Å²) in [4.78, 5) is 25.3. The fourth-order valence-electron chi connectivity index (χ4n) is 5.41. The summed E-state index contributed by atoms with van der Waals surface area (Å²) in [7, 11) is 1.56. The van der Waals surface area contributed by atoms with Gasteiger partial charge in [-0.05, 0) is 55.1 Å². The van der Waals surface area contributed by atoms with Crippen molar-refractivity contribution in [2.45, 2.75) is 32.8 Å². The van der Waals surface area contributed by atoms with Crippen molar-refractivity contribution >= 4 is 39.8 Å². The molecule has 5 heterocycles. The molecule has 1 unspecified atom stereocenters. The molecule has 3 atom stereocenters. The maximum absolute atomic E-state index is 12.8. The first-order valence-electron chi connectivity index (χ1n) is 17.4. The molecule has 44 heavy (non-hydrogen) atoms. The summed E-state index contributed by atoms with van der Waals surface area (Å²) in [5.74, 6) is 1.22. The Hall–Kier alpha value is -4.84. The van der Waals surface area contributed by atoms with E-state index in [4.69, 9.17) is 27.8 Å². The van der Waals surface area contributed by atoms with E-state index in [1.54, 1.807) is 54.2 Å². The van der Waals surface area contributed by atoms with E-state index >= 15 is 0 Å². The Morgan fingerprint density at radius 2 is 2.09 bits per heavy atom. The molecule has 1 amide bonds. The normalized spacial score (nSPS) is 22.3. The molecule has 1 aromatic carbocycles. The Kier molecular flexibility index (Phi) is 5.62. The maximum Gasteiger partial charge on any atom is 0.228 e. The first-order chi connectivity index (χ1) is 23.8. The predicted octanol–water partition coefficient (Wildman–Crippen LogP) is 4.20. The molecular weight excluding hydrogens is 558 g/mol. The smallest absolute Gasteiger partial charge is 0.228 e. The molecule has 1 saturated carbocycles. The quantitative estimate of drug-likeness (QED) is 0.278. The molecule has 1 N–H and O–H groups in total. The molecule has 12 heteroatoms. The fourth-order valence-corrected chi connectivity index (χ4v) is 5.41. The van der Waals surface area contributed by atoms with Crippen LogP contribution >= 0.6 is 0 Å². The van der Waals surface area contributed by atoms with Gasteiger partial charge in [-0.3, -0.25) is 4.79 Å². The van der Waals surface area contributed by atoms with Crippen molar-refractivity contribution < 1.29 is 22.5 Å². The zero-order chi connectivity index (χ0) is 35.4. The van der Waals surface area contributed by atoms with Crippen LogP contribution < -0.4 is 19.9 Å². The van der Waals surface area contributed by atoms with Crippen LogP contribution in [-0.2, 0) is 16.1 Å². The summed E-state index contributed by atoms with van der Waals surface area (Å²) in [6.45, 7) is -1.87. The van der Waals surface area contributed by atoms with Gasteiger partial charge in [-0.2, -0.15) is 0 Å². The van der Waals surface area contributed by atoms with Gasteiger partial charge in [-0.25, -0.2) is 14.5 Å². The van der Waals surface area contributed by atoms with Crippen LogP contribution in [0.15, 0.2) is 54.9 Å². The van der Waals surface area contributed by atoms with Crippen LogP contribution in [0.25, 0.3) is 27.9 Å². The number of methoxy groups -OCH3 is 1. The van der Waals surface area contributed by atoms with Crippen LogP contribution in [0.3, 0.4) is 0 Å². The highest BCUT2D eigenvalue weighted by Crippen LogP contribution is 2.39. The molecule has 2 aliphatic rings. The molecular formula is C32H35N9O3. The van der Waals surface area contributed by atoms with E-state index in [0.29, 0.717) is 34.5 Å². The molecule has 1 aliphatic heterocycles. The summed E-state index contributed by atoms with van der Waals surface area (Å²) in [5.41, 5.74) is 2.61. The first kappa shape index (κ1) is 21.8. The Morgan fingerprint density at radius 3 is 2.86 bits per heavy atom. The van der Waals surface area contributed by atoms with Gasteiger partial charge < -0.3 is 24.6 Å². The fraction of sp³-hybridized carbons (Fsp3) is 0.375. The number of ether oxygens (including phenoxy) is 2. The second kappa shape index (κ2) is 11.3. The molecule has 7 rings (SSSR count). The number of aromatic nitrogens is 6. The zero-order valence-electron chi connectivity index (χ0n) is 30.3. The van der Waals surface area contributed by atoms with E-state index in [-0.39, 0.29) is 60.4 Å². The van der Waals surface area contributed by atoms with Crippen molar-refractivity contribution in [3.63, 3.8) is 0 Å². The van der Waals surface area contributed by atoms with Crippen molar-refractivity contribution in [1.82, 2.24) is 29.8 Å². The largest absolute Gasteiger partial charge is 0.497 e. The minimum Gasteiger partial charge on any atom is -0.497 e. The van der Waals surface area contributed by atoms with E-state index in [1.165, 1.54) is 11.1 Å². The second-order valence-electron chi connectivity index (χ2n) is 11.2. The van der Waals surface area contributed by atoms with Crippen LogP contribution in [0.5, 0.6) is 5.75 Å². The van der Waals surface area contributed by atoms with Crippen LogP contribution in [0.2, 0.25) is 0 Å². The number of carbonyl (C=O) groups is 1. The lowest BCUT2D eigenvalue weighted by Crippen LogP contribution is -2.41. The van der Waals surface area contributed by atoms with Gasteiger partial charge in [0.1, 0.15) is 11.3 Å². The van der Waals surface area contributed by atoms with Crippen molar-refractivity contribution in [1.29, 1.82) is 0 Å². The molecule has 5 aromatic rings. The Bertz CT molecular complexity index is 2050. The number of rotatable bonds is 8. The van der Waals surface area contributed by atoms with Crippen LogP contribution in [0.1, 0.15) is 34.0 Å². The number of morpholine rings is 1. The van der Waals surface area contributed by atoms with Crippen LogP contribution in [0, 0.1) is 11.8 Å². The number of nitrogens with one attached hydrogen (secondary N) is 1. The van der Waals surface area contributed by atoms with Crippen molar-refractivity contribution in [3.8, 4) is 17.1 Å². The number of hydrogen-bond acceptors (Lipinski definition) is 10. The average Bonchev–Trinajstić information content (AvgIpc) is 3.68. The van der Waals surface area contributed by atoms with Crippen molar-refractivity contribution in [2.24, 2.45) is 11.8 Å². The Balaban J connectivity index is 1.29. The molecule has 1 saturated heterocycles. The standard InChI is InChI=1S/C32H35N9O3/c1-19-13-24(19)32(42)34-27-14-25-26(30-35-28-10-7-22(18-41(28)38-30)40-11-12-44-20(2)16-40)15-33-31(29(25)37-36-27)39(3)17-21-5-8-23(43-4)9-6-21/h5-10,14-15,18-20,24H,11-13,16-17H2,1-4H3,(H,34,36,42)/t19-,20?,24+/m1/s1/i2D3,3D3. The highest BCUT2D eigenvalue weighted by Gasteiger charge is 2.39. The SMILES string of the molecule is [2H]C([2H])([2H])C1CN(c2ccc3nc(-c4cnc(N(Cc5ccc(OC)cc5)C([2H])([2H])[2H])c5nnc(NC(=O)[C@H]6C[C@H]6C)cc45)nn3c2)CCO1. The van der Waals surface area contributed by atoms with Gasteiger partial charge in [0.2, 0.25) is 5.91 Å². The number of pyridine rings is 2. The monoisotopic (exact) mass is 599 g/mol. The van der Waals surface area contributed by atoms with Gasteiger partial charge >= 0.3 is 0 Å². The number of fused-ring (bicyclic) bond motifs is 2. The van der Waals surface area contributed by atoms with Crippen LogP contribution in [0.4, 0.5) is 17.3 Å². The van der Waals surface area contributed by atoms with Gasteiger partial charge in [-0.15, -0.1) is 15.3 Å². The number of amides is 1. The third-order valence-electron chi connectivity index (χ3n) is 8.05. The highest BCUT2D eigenvalue weighted by atomic mass is 16.5. The summed E-state index contributed by atoms with van der Waals surface area (Å²) in [6.07, 6.45) is 3.15. The molecule has 0 bridgehead atoms. The lowest BCUT2D eigenvalue weighted by molar-refractivity contribution is -0.117. The summed E-state index contributed by atoms with van der Waals surface area (Å²) < 4.78 is 60.9. The Morgan fingerprint density at radius 1 is 1.23 bits per heavy atom. The number of nitrogens with zero attached hydrogens (tertiary/aromatic N) is 8. The third-order valence-corrected chi connectivity index (χ3v) is 8.05. The lowest BCUT2D eigenvalue weighted by atomic mass is 10.1. The second-order valence-corrected chi connectivity index (χ2v) is 11.2.